The molecule has 0 unspecified atom stereocenters. The fourth-order valence-corrected chi connectivity index (χ4v) is 2.61. The lowest BCUT2D eigenvalue weighted by atomic mass is 10.1. The third-order valence-electron chi connectivity index (χ3n) is 3.80. The summed E-state index contributed by atoms with van der Waals surface area (Å²) >= 11 is 0. The lowest BCUT2D eigenvalue weighted by Gasteiger charge is -2.13. The molecule has 1 aromatic heterocycles. The number of nitrogens with two attached hydrogens (primary N) is 1. The fraction of sp³-hybridized carbons (Fsp3) is 0.0588. The second-order valence-corrected chi connectivity index (χ2v) is 5.24. The van der Waals surface area contributed by atoms with Gasteiger partial charge in [0.15, 0.2) is 0 Å². The van der Waals surface area contributed by atoms with Crippen molar-refractivity contribution in [1.82, 2.24) is 4.57 Å². The summed E-state index contributed by atoms with van der Waals surface area (Å²) < 4.78 is 1.26. The Kier molecular flexibility index (Phi) is 3.72. The maximum atomic E-state index is 12.7. The molecule has 0 fully saturated rings. The van der Waals surface area contributed by atoms with E-state index in [2.05, 4.69) is 0 Å². The molecular weight excluding hydrogens is 308 g/mol. The molecule has 7 heteroatoms. The van der Waals surface area contributed by atoms with Gasteiger partial charge in [0.1, 0.15) is 17.5 Å². The van der Waals surface area contributed by atoms with E-state index in [1.165, 1.54) is 22.8 Å². The van der Waals surface area contributed by atoms with Gasteiger partial charge in [-0.25, -0.2) is 0 Å². The summed E-state index contributed by atoms with van der Waals surface area (Å²) in [7, 11) is 0. The molecule has 1 heterocycles. The lowest BCUT2D eigenvalue weighted by molar-refractivity contribution is -0.384. The van der Waals surface area contributed by atoms with Crippen molar-refractivity contribution in [2.75, 3.05) is 5.73 Å². The highest BCUT2D eigenvalue weighted by Gasteiger charge is 2.17. The van der Waals surface area contributed by atoms with E-state index in [1.54, 1.807) is 0 Å². The van der Waals surface area contributed by atoms with E-state index in [4.69, 9.17) is 5.73 Å². The average Bonchev–Trinajstić information content (AvgIpc) is 2.59. The van der Waals surface area contributed by atoms with Gasteiger partial charge in [0, 0.05) is 17.5 Å². The van der Waals surface area contributed by atoms with E-state index in [9.17, 15) is 20.2 Å². The molecule has 7 nitrogen and oxygen atoms in total. The van der Waals surface area contributed by atoms with Crippen molar-refractivity contribution < 1.29 is 4.92 Å². The summed E-state index contributed by atoms with van der Waals surface area (Å²) in [6.45, 7) is 0.179. The molecular formula is C17H12N4O3. The largest absolute Gasteiger partial charge is 0.384 e. The van der Waals surface area contributed by atoms with Gasteiger partial charge in [-0.05, 0) is 11.6 Å². The molecule has 24 heavy (non-hydrogen) atoms. The van der Waals surface area contributed by atoms with Crippen LogP contribution in [0.15, 0.2) is 53.3 Å². The zero-order valence-corrected chi connectivity index (χ0v) is 12.5. The Balaban J connectivity index is 2.31. The molecule has 0 bridgehead atoms. The minimum atomic E-state index is -0.581. The Morgan fingerprint density at radius 2 is 1.88 bits per heavy atom. The Labute approximate surface area is 136 Å². The third-order valence-corrected chi connectivity index (χ3v) is 3.80. The van der Waals surface area contributed by atoms with Crippen LogP contribution >= 0.6 is 0 Å². The SMILES string of the molecule is N#Cc1c(N)n(Cc2ccccc2)c(=O)c2cc([N+](=O)[O-])ccc12. The zero-order valence-electron chi connectivity index (χ0n) is 12.5. The highest BCUT2D eigenvalue weighted by molar-refractivity contribution is 5.92. The molecule has 0 aliphatic rings. The molecule has 0 saturated heterocycles. The molecule has 0 spiro atoms. The van der Waals surface area contributed by atoms with Crippen LogP contribution in [0.25, 0.3) is 10.8 Å². The highest BCUT2D eigenvalue weighted by Crippen LogP contribution is 2.25. The molecule has 0 radical (unpaired) electrons. The number of fused-ring (bicyclic) bond motifs is 1. The number of anilines is 1. The van der Waals surface area contributed by atoms with Crippen LogP contribution in [0.3, 0.4) is 0 Å². The van der Waals surface area contributed by atoms with Crippen LogP contribution in [0.5, 0.6) is 0 Å². The Hall–Kier alpha value is -3.66. The Morgan fingerprint density at radius 3 is 2.50 bits per heavy atom. The summed E-state index contributed by atoms with van der Waals surface area (Å²) in [5.74, 6) is 0.0488. The fourth-order valence-electron chi connectivity index (χ4n) is 2.61. The van der Waals surface area contributed by atoms with Crippen molar-refractivity contribution in [3.63, 3.8) is 0 Å². The first kappa shape index (κ1) is 15.2. The van der Waals surface area contributed by atoms with Gasteiger partial charge in [-0.2, -0.15) is 5.26 Å². The van der Waals surface area contributed by atoms with E-state index >= 15 is 0 Å². The average molecular weight is 320 g/mol. The number of benzene rings is 2. The standard InChI is InChI=1S/C17H12N4O3/c18-9-15-13-7-6-12(21(23)24)8-14(13)17(22)20(16(15)19)10-11-4-2-1-3-5-11/h1-8H,10,19H2. The van der Waals surface area contributed by atoms with Gasteiger partial charge in [0.25, 0.3) is 11.2 Å². The number of aromatic nitrogens is 1. The Morgan fingerprint density at radius 1 is 1.17 bits per heavy atom. The van der Waals surface area contributed by atoms with Gasteiger partial charge >= 0.3 is 0 Å². The van der Waals surface area contributed by atoms with Crippen molar-refractivity contribution in [2.24, 2.45) is 0 Å². The third kappa shape index (κ3) is 2.46. The van der Waals surface area contributed by atoms with Gasteiger partial charge in [-0.1, -0.05) is 30.3 Å². The van der Waals surface area contributed by atoms with Crippen LogP contribution in [0, 0.1) is 21.4 Å². The minimum Gasteiger partial charge on any atom is -0.384 e. The quantitative estimate of drug-likeness (QED) is 0.587. The molecule has 0 atom stereocenters. The smallest absolute Gasteiger partial charge is 0.270 e. The van der Waals surface area contributed by atoms with Gasteiger partial charge in [0.2, 0.25) is 0 Å². The van der Waals surface area contributed by atoms with E-state index in [0.29, 0.717) is 5.39 Å². The van der Waals surface area contributed by atoms with Crippen molar-refractivity contribution in [3.05, 3.63) is 80.1 Å². The van der Waals surface area contributed by atoms with Crippen LogP contribution in [0.4, 0.5) is 11.5 Å². The summed E-state index contributed by atoms with van der Waals surface area (Å²) in [6.07, 6.45) is 0. The van der Waals surface area contributed by atoms with Crippen molar-refractivity contribution in [1.29, 1.82) is 5.26 Å². The molecule has 0 saturated carbocycles. The maximum absolute atomic E-state index is 12.7. The van der Waals surface area contributed by atoms with Gasteiger partial charge in [0.05, 0.1) is 16.9 Å². The second-order valence-electron chi connectivity index (χ2n) is 5.24. The normalized spacial score (nSPS) is 10.5. The van der Waals surface area contributed by atoms with Crippen LogP contribution < -0.4 is 11.3 Å². The zero-order chi connectivity index (χ0) is 17.3. The number of non-ortho nitro benzene ring substituents is 1. The van der Waals surface area contributed by atoms with Crippen LogP contribution in [0.1, 0.15) is 11.1 Å². The van der Waals surface area contributed by atoms with Crippen molar-refractivity contribution in [2.45, 2.75) is 6.54 Å². The molecule has 118 valence electrons. The van der Waals surface area contributed by atoms with E-state index in [-0.39, 0.29) is 29.0 Å². The number of pyridine rings is 1. The predicted molar refractivity (Wildman–Crippen MR) is 89.5 cm³/mol. The maximum Gasteiger partial charge on any atom is 0.270 e. The summed E-state index contributed by atoms with van der Waals surface area (Å²) in [5.41, 5.74) is 6.31. The monoisotopic (exact) mass is 320 g/mol. The molecule has 2 aromatic carbocycles. The number of nitro groups is 1. The number of rotatable bonds is 3. The van der Waals surface area contributed by atoms with Crippen LogP contribution in [-0.2, 0) is 6.54 Å². The predicted octanol–water partition coefficient (Wildman–Crippen LogP) is 2.41. The first-order valence-corrected chi connectivity index (χ1v) is 7.07. The molecule has 0 amide bonds. The van der Waals surface area contributed by atoms with E-state index < -0.39 is 10.5 Å². The number of nitrogen functional groups attached to an aromatic ring is 1. The number of hydrogen-bond donors (Lipinski definition) is 1. The molecule has 2 N–H and O–H groups in total. The summed E-state index contributed by atoms with van der Waals surface area (Å²) in [4.78, 5) is 23.1. The molecule has 3 aromatic rings. The second kappa shape index (κ2) is 5.85. The minimum absolute atomic E-state index is 0.0488. The van der Waals surface area contributed by atoms with Crippen LogP contribution in [0.2, 0.25) is 0 Å². The summed E-state index contributed by atoms with van der Waals surface area (Å²) in [5, 5.41) is 20.8. The molecule has 3 rings (SSSR count). The highest BCUT2D eigenvalue weighted by atomic mass is 16.6. The molecule has 0 aliphatic carbocycles. The van der Waals surface area contributed by atoms with Gasteiger partial charge < -0.3 is 5.73 Å². The van der Waals surface area contributed by atoms with Gasteiger partial charge in [-0.3, -0.25) is 19.5 Å². The Bertz CT molecular complexity index is 1050. The number of nitrogens with zero attached hydrogens (tertiary/aromatic N) is 3. The molecule has 0 aliphatic heterocycles. The van der Waals surface area contributed by atoms with E-state index in [0.717, 1.165) is 5.56 Å². The number of nitro benzene ring substituents is 1. The topological polar surface area (TPSA) is 115 Å². The van der Waals surface area contributed by atoms with Gasteiger partial charge in [-0.15, -0.1) is 0 Å². The van der Waals surface area contributed by atoms with E-state index in [1.807, 2.05) is 36.4 Å². The van der Waals surface area contributed by atoms with Crippen molar-refractivity contribution >= 4 is 22.3 Å². The first-order chi connectivity index (χ1) is 11.5. The number of hydrogen-bond acceptors (Lipinski definition) is 5. The summed E-state index contributed by atoms with van der Waals surface area (Å²) in [6, 6.07) is 15.0. The van der Waals surface area contributed by atoms with Crippen LogP contribution in [-0.4, -0.2) is 9.49 Å². The first-order valence-electron chi connectivity index (χ1n) is 7.07. The lowest BCUT2D eigenvalue weighted by Crippen LogP contribution is -2.25. The van der Waals surface area contributed by atoms with Crippen molar-refractivity contribution in [3.8, 4) is 6.07 Å². The number of nitriles is 1.